The summed E-state index contributed by atoms with van der Waals surface area (Å²) < 4.78 is 5.47. The number of nitrogens with one attached hydrogen (secondary N) is 2. The Hall–Kier alpha value is -0.120. The van der Waals surface area contributed by atoms with Crippen molar-refractivity contribution in [2.75, 3.05) is 39.9 Å². The number of hydrogen-bond acceptors (Lipinski definition) is 3. The predicted molar refractivity (Wildman–Crippen MR) is 75.9 cm³/mol. The van der Waals surface area contributed by atoms with Crippen molar-refractivity contribution in [3.63, 3.8) is 0 Å². The molecular formula is C15H30N2O. The second-order valence-electron chi connectivity index (χ2n) is 6.49. The van der Waals surface area contributed by atoms with E-state index in [1.54, 1.807) is 0 Å². The molecule has 2 aliphatic rings. The first kappa shape index (κ1) is 14.3. The van der Waals surface area contributed by atoms with E-state index < -0.39 is 0 Å². The van der Waals surface area contributed by atoms with Gasteiger partial charge in [-0.25, -0.2) is 0 Å². The van der Waals surface area contributed by atoms with Crippen LogP contribution in [0.15, 0.2) is 0 Å². The van der Waals surface area contributed by atoms with Gasteiger partial charge in [-0.3, -0.25) is 0 Å². The van der Waals surface area contributed by atoms with Crippen molar-refractivity contribution in [1.29, 1.82) is 0 Å². The maximum Gasteiger partial charge on any atom is 0.0531 e. The van der Waals surface area contributed by atoms with E-state index in [4.69, 9.17) is 4.74 Å². The first-order valence-corrected chi connectivity index (χ1v) is 7.65. The third-order valence-corrected chi connectivity index (χ3v) is 5.28. The molecule has 0 unspecified atom stereocenters. The van der Waals surface area contributed by atoms with E-state index in [0.717, 1.165) is 26.2 Å². The van der Waals surface area contributed by atoms with Gasteiger partial charge >= 0.3 is 0 Å². The Bertz CT molecular complexity index is 234. The zero-order chi connectivity index (χ0) is 12.9. The van der Waals surface area contributed by atoms with Crippen molar-refractivity contribution in [3.05, 3.63) is 0 Å². The smallest absolute Gasteiger partial charge is 0.0531 e. The first-order valence-electron chi connectivity index (χ1n) is 7.65. The van der Waals surface area contributed by atoms with Gasteiger partial charge in [0, 0.05) is 25.6 Å². The van der Waals surface area contributed by atoms with E-state index in [0.29, 0.717) is 10.8 Å². The van der Waals surface area contributed by atoms with Gasteiger partial charge in [0.2, 0.25) is 0 Å². The highest BCUT2D eigenvalue weighted by molar-refractivity contribution is 4.91. The lowest BCUT2D eigenvalue weighted by atomic mass is 9.67. The number of piperidine rings is 1. The summed E-state index contributed by atoms with van der Waals surface area (Å²) in [5.74, 6) is 0. The zero-order valence-electron chi connectivity index (χ0n) is 12.2. The van der Waals surface area contributed by atoms with Crippen molar-refractivity contribution in [2.45, 2.75) is 45.4 Å². The Labute approximate surface area is 112 Å². The Balaban J connectivity index is 1.78. The Morgan fingerprint density at radius 2 is 1.72 bits per heavy atom. The summed E-state index contributed by atoms with van der Waals surface area (Å²) in [6.07, 6.45) is 8.10. The molecule has 18 heavy (non-hydrogen) atoms. The van der Waals surface area contributed by atoms with E-state index >= 15 is 0 Å². The minimum Gasteiger partial charge on any atom is -0.384 e. The molecule has 1 heterocycles. The summed E-state index contributed by atoms with van der Waals surface area (Å²) in [6.45, 7) is 7.87. The molecule has 0 spiro atoms. The van der Waals surface area contributed by atoms with Gasteiger partial charge in [-0.2, -0.15) is 0 Å². The predicted octanol–water partition coefficient (Wildman–Crippen LogP) is 2.17. The molecule has 1 saturated carbocycles. The minimum absolute atomic E-state index is 0.374. The molecule has 0 amide bonds. The SMILES string of the molecule is CCC1(CNCC2(COC)CCNCC2)CCC1. The highest BCUT2D eigenvalue weighted by atomic mass is 16.5. The van der Waals surface area contributed by atoms with E-state index in [1.165, 1.54) is 45.1 Å². The quantitative estimate of drug-likeness (QED) is 0.730. The molecule has 0 aromatic carbocycles. The summed E-state index contributed by atoms with van der Waals surface area (Å²) in [5.41, 5.74) is 1.000. The molecule has 0 radical (unpaired) electrons. The van der Waals surface area contributed by atoms with E-state index in [1.807, 2.05) is 7.11 Å². The highest BCUT2D eigenvalue weighted by Crippen LogP contribution is 2.43. The van der Waals surface area contributed by atoms with Gasteiger partial charge in [-0.15, -0.1) is 0 Å². The first-order chi connectivity index (χ1) is 8.74. The molecule has 1 aliphatic heterocycles. The van der Waals surface area contributed by atoms with Crippen molar-refractivity contribution < 1.29 is 4.74 Å². The van der Waals surface area contributed by atoms with Crippen LogP contribution in [0, 0.1) is 10.8 Å². The second kappa shape index (κ2) is 6.36. The average Bonchev–Trinajstić information content (AvgIpc) is 2.34. The molecule has 1 aliphatic carbocycles. The van der Waals surface area contributed by atoms with Crippen molar-refractivity contribution in [3.8, 4) is 0 Å². The van der Waals surface area contributed by atoms with Crippen molar-refractivity contribution >= 4 is 0 Å². The zero-order valence-corrected chi connectivity index (χ0v) is 12.2. The maximum atomic E-state index is 5.47. The van der Waals surface area contributed by atoms with E-state index in [9.17, 15) is 0 Å². The molecule has 0 atom stereocenters. The molecule has 0 aromatic heterocycles. The van der Waals surface area contributed by atoms with Gasteiger partial charge < -0.3 is 15.4 Å². The van der Waals surface area contributed by atoms with E-state index in [-0.39, 0.29) is 0 Å². The fraction of sp³-hybridized carbons (Fsp3) is 1.00. The van der Waals surface area contributed by atoms with Crippen LogP contribution in [0.1, 0.15) is 45.4 Å². The molecule has 3 nitrogen and oxygen atoms in total. The fourth-order valence-electron chi connectivity index (χ4n) is 3.56. The number of methoxy groups -OCH3 is 1. The topological polar surface area (TPSA) is 33.3 Å². The second-order valence-corrected chi connectivity index (χ2v) is 6.49. The number of rotatable bonds is 7. The van der Waals surface area contributed by atoms with Crippen LogP contribution < -0.4 is 10.6 Å². The highest BCUT2D eigenvalue weighted by Gasteiger charge is 2.36. The van der Waals surface area contributed by atoms with Crippen LogP contribution in [0.25, 0.3) is 0 Å². The third kappa shape index (κ3) is 3.25. The lowest BCUT2D eigenvalue weighted by molar-refractivity contribution is 0.0456. The summed E-state index contributed by atoms with van der Waals surface area (Å²) in [5, 5.41) is 7.22. The fourth-order valence-corrected chi connectivity index (χ4v) is 3.56. The van der Waals surface area contributed by atoms with Gasteiger partial charge in [-0.05, 0) is 50.6 Å². The summed E-state index contributed by atoms with van der Waals surface area (Å²) in [4.78, 5) is 0. The van der Waals surface area contributed by atoms with Gasteiger partial charge in [-0.1, -0.05) is 13.3 Å². The van der Waals surface area contributed by atoms with Crippen LogP contribution in [0.4, 0.5) is 0 Å². The molecule has 2 fully saturated rings. The van der Waals surface area contributed by atoms with E-state index in [2.05, 4.69) is 17.6 Å². The lowest BCUT2D eigenvalue weighted by Crippen LogP contribution is -2.49. The minimum atomic E-state index is 0.374. The number of ether oxygens (including phenoxy) is 1. The van der Waals surface area contributed by atoms with Crippen LogP contribution in [0.2, 0.25) is 0 Å². The van der Waals surface area contributed by atoms with Crippen molar-refractivity contribution in [2.24, 2.45) is 10.8 Å². The molecule has 0 aromatic rings. The molecular weight excluding hydrogens is 224 g/mol. The Kier molecular flexibility index (Phi) is 5.05. The molecule has 106 valence electrons. The van der Waals surface area contributed by atoms with Gasteiger partial charge in [0.1, 0.15) is 0 Å². The normalized spacial score (nSPS) is 25.7. The molecule has 2 rings (SSSR count). The van der Waals surface area contributed by atoms with Crippen LogP contribution >= 0.6 is 0 Å². The summed E-state index contributed by atoms with van der Waals surface area (Å²) in [7, 11) is 1.84. The van der Waals surface area contributed by atoms with Crippen LogP contribution in [-0.2, 0) is 4.74 Å². The largest absolute Gasteiger partial charge is 0.384 e. The Morgan fingerprint density at radius 1 is 1.06 bits per heavy atom. The summed E-state index contributed by atoms with van der Waals surface area (Å²) in [6, 6.07) is 0. The van der Waals surface area contributed by atoms with Crippen LogP contribution in [0.3, 0.4) is 0 Å². The standard InChI is InChI=1S/C15H30N2O/c1-3-14(5-4-6-14)11-17-12-15(13-18-2)7-9-16-10-8-15/h16-17H,3-13H2,1-2H3. The molecule has 0 bridgehead atoms. The molecule has 1 saturated heterocycles. The summed E-state index contributed by atoms with van der Waals surface area (Å²) >= 11 is 0. The third-order valence-electron chi connectivity index (χ3n) is 5.28. The van der Waals surface area contributed by atoms with Crippen molar-refractivity contribution in [1.82, 2.24) is 10.6 Å². The van der Waals surface area contributed by atoms with Gasteiger partial charge in [0.15, 0.2) is 0 Å². The van der Waals surface area contributed by atoms with Crippen LogP contribution in [-0.4, -0.2) is 39.9 Å². The number of hydrogen-bond donors (Lipinski definition) is 2. The monoisotopic (exact) mass is 254 g/mol. The maximum absolute atomic E-state index is 5.47. The lowest BCUT2D eigenvalue weighted by Gasteiger charge is -2.43. The van der Waals surface area contributed by atoms with Gasteiger partial charge in [0.25, 0.3) is 0 Å². The molecule has 2 N–H and O–H groups in total. The average molecular weight is 254 g/mol. The Morgan fingerprint density at radius 3 is 2.22 bits per heavy atom. The van der Waals surface area contributed by atoms with Gasteiger partial charge in [0.05, 0.1) is 6.61 Å². The molecule has 3 heteroatoms. The van der Waals surface area contributed by atoms with Crippen LogP contribution in [0.5, 0.6) is 0 Å².